The number of benzene rings is 1. The average Bonchev–Trinajstić information content (AvgIpc) is 3.11. The van der Waals surface area contributed by atoms with Crippen molar-refractivity contribution in [1.82, 2.24) is 9.88 Å². The zero-order chi connectivity index (χ0) is 21.0. The highest BCUT2D eigenvalue weighted by atomic mass is 35.5. The normalized spacial score (nSPS) is 18.2. The van der Waals surface area contributed by atoms with Crippen LogP contribution in [0.3, 0.4) is 0 Å². The number of nitrogens with zero attached hydrogens (tertiary/aromatic N) is 2. The number of nitrogens with one attached hydrogen (secondary N) is 1. The van der Waals surface area contributed by atoms with Crippen LogP contribution in [0.15, 0.2) is 48.7 Å². The molecular weight excluding hydrogens is 394 g/mol. The molecule has 1 saturated heterocycles. The van der Waals surface area contributed by atoms with Crippen LogP contribution in [0, 0.1) is 5.92 Å². The Hall–Kier alpha value is -2.93. The summed E-state index contributed by atoms with van der Waals surface area (Å²) in [5, 5.41) is 3.01. The van der Waals surface area contributed by atoms with Gasteiger partial charge in [0.05, 0.1) is 17.0 Å². The Morgan fingerprint density at radius 3 is 2.59 bits per heavy atom. The molecule has 1 aliphatic heterocycles. The van der Waals surface area contributed by atoms with Gasteiger partial charge in [0, 0.05) is 19.2 Å². The number of ether oxygens (including phenoxy) is 1. The maximum atomic E-state index is 12.5. The highest BCUT2D eigenvalue weighted by molar-refractivity contribution is 6.30. The first-order valence-electron chi connectivity index (χ1n) is 9.32. The van der Waals surface area contributed by atoms with Gasteiger partial charge in [-0.25, -0.2) is 4.98 Å². The molecule has 1 aromatic carbocycles. The molecule has 1 aromatic heterocycles. The molecule has 7 nitrogen and oxygen atoms in total. The van der Waals surface area contributed by atoms with Crippen molar-refractivity contribution in [3.05, 3.63) is 59.2 Å². The number of carbonyl (C=O) groups is 3. The summed E-state index contributed by atoms with van der Waals surface area (Å²) in [6.07, 6.45) is 0.458. The topological polar surface area (TPSA) is 88.6 Å². The third-order valence-electron chi connectivity index (χ3n) is 4.88. The molecule has 8 heteroatoms. The van der Waals surface area contributed by atoms with Crippen molar-refractivity contribution >= 4 is 35.2 Å². The second-order valence-corrected chi connectivity index (χ2v) is 7.40. The van der Waals surface area contributed by atoms with E-state index in [1.807, 2.05) is 37.3 Å². The van der Waals surface area contributed by atoms with Gasteiger partial charge in [-0.3, -0.25) is 14.4 Å². The largest absolute Gasteiger partial charge is 0.452 e. The second kappa shape index (κ2) is 9.05. The van der Waals surface area contributed by atoms with E-state index < -0.39 is 23.9 Å². The van der Waals surface area contributed by atoms with E-state index in [2.05, 4.69) is 10.3 Å². The molecule has 1 aliphatic rings. The smallest absolute Gasteiger partial charge is 0.312 e. The number of anilines is 1. The van der Waals surface area contributed by atoms with Crippen LogP contribution >= 0.6 is 11.6 Å². The summed E-state index contributed by atoms with van der Waals surface area (Å²) >= 11 is 5.76. The molecule has 0 bridgehead atoms. The number of hydrogen-bond donors (Lipinski definition) is 1. The lowest BCUT2D eigenvalue weighted by Crippen LogP contribution is -2.34. The quantitative estimate of drug-likeness (QED) is 0.732. The van der Waals surface area contributed by atoms with Gasteiger partial charge >= 0.3 is 5.97 Å². The molecule has 0 aliphatic carbocycles. The zero-order valence-electron chi connectivity index (χ0n) is 16.2. The molecule has 2 heterocycles. The first kappa shape index (κ1) is 20.8. The maximum Gasteiger partial charge on any atom is 0.312 e. The molecule has 3 atom stereocenters. The van der Waals surface area contributed by atoms with Crippen molar-refractivity contribution in [2.24, 2.45) is 5.92 Å². The first-order valence-corrected chi connectivity index (χ1v) is 9.70. The number of aromatic nitrogens is 1. The summed E-state index contributed by atoms with van der Waals surface area (Å²) in [6.45, 7) is 3.67. The Labute approximate surface area is 174 Å². The lowest BCUT2D eigenvalue weighted by molar-refractivity contribution is -0.157. The predicted molar refractivity (Wildman–Crippen MR) is 108 cm³/mol. The summed E-state index contributed by atoms with van der Waals surface area (Å²) in [4.78, 5) is 42.8. The summed E-state index contributed by atoms with van der Waals surface area (Å²) in [7, 11) is 0. The van der Waals surface area contributed by atoms with E-state index in [1.54, 1.807) is 17.0 Å². The van der Waals surface area contributed by atoms with E-state index >= 15 is 0 Å². The summed E-state index contributed by atoms with van der Waals surface area (Å²) in [5.41, 5.74) is 0.998. The van der Waals surface area contributed by atoms with Crippen LogP contribution in [0.5, 0.6) is 0 Å². The first-order chi connectivity index (χ1) is 13.8. The molecule has 29 heavy (non-hydrogen) atoms. The van der Waals surface area contributed by atoms with E-state index in [1.165, 1.54) is 13.1 Å². The molecule has 0 spiro atoms. The minimum Gasteiger partial charge on any atom is -0.452 e. The second-order valence-electron chi connectivity index (χ2n) is 6.96. The third-order valence-corrected chi connectivity index (χ3v) is 5.11. The Morgan fingerprint density at radius 1 is 1.21 bits per heavy atom. The van der Waals surface area contributed by atoms with Crippen molar-refractivity contribution in [2.75, 3.05) is 11.9 Å². The highest BCUT2D eigenvalue weighted by Gasteiger charge is 2.38. The van der Waals surface area contributed by atoms with Crippen LogP contribution < -0.4 is 5.32 Å². The molecule has 0 radical (unpaired) electrons. The van der Waals surface area contributed by atoms with Gasteiger partial charge in [-0.1, -0.05) is 41.9 Å². The number of esters is 1. The zero-order valence-corrected chi connectivity index (χ0v) is 16.9. The maximum absolute atomic E-state index is 12.5. The van der Waals surface area contributed by atoms with Crippen LogP contribution in [-0.4, -0.2) is 40.3 Å². The van der Waals surface area contributed by atoms with Crippen LogP contribution in [-0.2, 0) is 19.1 Å². The number of hydrogen-bond acceptors (Lipinski definition) is 5. The molecule has 2 aromatic rings. The van der Waals surface area contributed by atoms with Gasteiger partial charge in [-0.15, -0.1) is 0 Å². The summed E-state index contributed by atoms with van der Waals surface area (Å²) < 4.78 is 5.29. The summed E-state index contributed by atoms with van der Waals surface area (Å²) in [6, 6.07) is 12.6. The van der Waals surface area contributed by atoms with E-state index in [9.17, 15) is 14.4 Å². The van der Waals surface area contributed by atoms with E-state index in [0.717, 1.165) is 5.56 Å². The van der Waals surface area contributed by atoms with Gasteiger partial charge in [-0.2, -0.15) is 0 Å². The van der Waals surface area contributed by atoms with Gasteiger partial charge in [0.1, 0.15) is 5.82 Å². The van der Waals surface area contributed by atoms with Crippen molar-refractivity contribution in [3.8, 4) is 0 Å². The molecule has 1 N–H and O–H groups in total. The number of likely N-dealkylation sites (tertiary alicyclic amines) is 1. The highest BCUT2D eigenvalue weighted by Crippen LogP contribution is 2.29. The van der Waals surface area contributed by atoms with Crippen LogP contribution in [0.2, 0.25) is 5.02 Å². The lowest BCUT2D eigenvalue weighted by atomic mass is 10.1. The Balaban J connectivity index is 1.55. The lowest BCUT2D eigenvalue weighted by Gasteiger charge is -2.25. The number of rotatable bonds is 6. The third kappa shape index (κ3) is 5.12. The molecule has 0 unspecified atom stereocenters. The standard InChI is InChI=1S/C21H22ClN3O4/c1-13(15-6-4-3-5-7-15)25-12-16(10-19(25)26)21(28)29-14(2)20(27)24-18-9-8-17(22)11-23-18/h3-9,11,13-14,16H,10,12H2,1-2H3,(H,23,24,27)/t13-,14+,16-/m1/s1. The number of carbonyl (C=O) groups excluding carboxylic acids is 3. The minimum absolute atomic E-state index is 0.0725. The fraction of sp³-hybridized carbons (Fsp3) is 0.333. The van der Waals surface area contributed by atoms with Gasteiger partial charge < -0.3 is 15.0 Å². The Kier molecular flexibility index (Phi) is 6.49. The Morgan fingerprint density at radius 2 is 1.93 bits per heavy atom. The fourth-order valence-corrected chi connectivity index (χ4v) is 3.29. The van der Waals surface area contributed by atoms with Gasteiger partial charge in [-0.05, 0) is 31.5 Å². The summed E-state index contributed by atoms with van der Waals surface area (Å²) in [5.74, 6) is -1.47. The van der Waals surface area contributed by atoms with Gasteiger partial charge in [0.25, 0.3) is 5.91 Å². The predicted octanol–water partition coefficient (Wildman–Crippen LogP) is 3.21. The monoisotopic (exact) mass is 415 g/mol. The van der Waals surface area contributed by atoms with Crippen LogP contribution in [0.1, 0.15) is 31.9 Å². The van der Waals surface area contributed by atoms with Crippen LogP contribution in [0.4, 0.5) is 5.82 Å². The van der Waals surface area contributed by atoms with E-state index in [-0.39, 0.29) is 24.9 Å². The minimum atomic E-state index is -1.02. The van der Waals surface area contributed by atoms with Crippen LogP contribution in [0.25, 0.3) is 0 Å². The molecular formula is C21H22ClN3O4. The fourth-order valence-electron chi connectivity index (χ4n) is 3.18. The van der Waals surface area contributed by atoms with Crippen molar-refractivity contribution in [1.29, 1.82) is 0 Å². The molecule has 2 amide bonds. The molecule has 152 valence electrons. The van der Waals surface area contributed by atoms with Gasteiger partial charge in [0.15, 0.2) is 6.10 Å². The number of pyridine rings is 1. The number of amides is 2. The van der Waals surface area contributed by atoms with Crippen molar-refractivity contribution in [3.63, 3.8) is 0 Å². The molecule has 1 fully saturated rings. The molecule has 0 saturated carbocycles. The SMILES string of the molecule is C[C@H](OC(=O)[C@@H]1CC(=O)N([C@H](C)c2ccccc2)C1)C(=O)Nc1ccc(Cl)cn1. The van der Waals surface area contributed by atoms with E-state index in [4.69, 9.17) is 16.3 Å². The van der Waals surface area contributed by atoms with Crippen molar-refractivity contribution in [2.45, 2.75) is 32.4 Å². The van der Waals surface area contributed by atoms with Gasteiger partial charge in [0.2, 0.25) is 5.91 Å². The van der Waals surface area contributed by atoms with Crippen molar-refractivity contribution < 1.29 is 19.1 Å². The number of halogens is 1. The molecule has 3 rings (SSSR count). The van der Waals surface area contributed by atoms with E-state index in [0.29, 0.717) is 10.8 Å². The Bertz CT molecular complexity index is 889. The average molecular weight is 416 g/mol.